The maximum atomic E-state index is 4.01. The molecule has 1 aromatic heterocycles. The summed E-state index contributed by atoms with van der Waals surface area (Å²) in [6, 6.07) is 1.25. The fraction of sp³-hybridized carbons (Fsp3) is 0.800. The third-order valence-corrected chi connectivity index (χ3v) is 3.57. The van der Waals surface area contributed by atoms with Crippen LogP contribution in [-0.4, -0.2) is 40.3 Å². The molecule has 0 saturated carbocycles. The highest BCUT2D eigenvalue weighted by Gasteiger charge is 2.20. The summed E-state index contributed by atoms with van der Waals surface area (Å²) in [6.45, 7) is 6.90. The van der Waals surface area contributed by atoms with Crippen molar-refractivity contribution in [2.45, 2.75) is 38.8 Å². The molecular weight excluding hydrogens is 208 g/mol. The van der Waals surface area contributed by atoms with E-state index < -0.39 is 0 Å². The number of aromatic nitrogens is 2. The van der Waals surface area contributed by atoms with Crippen molar-refractivity contribution in [3.8, 4) is 0 Å². The van der Waals surface area contributed by atoms with E-state index in [-0.39, 0.29) is 0 Å². The normalized spacial score (nSPS) is 19.7. The Morgan fingerprint density at radius 2 is 2.20 bits per heavy atom. The third-order valence-electron chi connectivity index (χ3n) is 2.95. The Kier molecular flexibility index (Phi) is 3.53. The lowest BCUT2D eigenvalue weighted by Gasteiger charge is -2.34. The number of hydrogen-bond acceptors (Lipinski definition) is 5. The molecule has 1 aromatic rings. The minimum atomic E-state index is 0.577. The number of hydrogen-bond donors (Lipinski definition) is 1. The molecule has 0 atom stereocenters. The second kappa shape index (κ2) is 4.90. The van der Waals surface area contributed by atoms with Gasteiger partial charge in [-0.05, 0) is 26.7 Å². The predicted molar refractivity (Wildman–Crippen MR) is 63.3 cm³/mol. The summed E-state index contributed by atoms with van der Waals surface area (Å²) in [7, 11) is 0. The van der Waals surface area contributed by atoms with E-state index in [1.54, 1.807) is 16.8 Å². The Morgan fingerprint density at radius 1 is 1.47 bits per heavy atom. The summed E-state index contributed by atoms with van der Waals surface area (Å²) in [5.74, 6) is 0. The molecule has 0 spiro atoms. The van der Waals surface area contributed by atoms with E-state index in [9.17, 15) is 0 Å². The molecule has 84 valence electrons. The first-order chi connectivity index (χ1) is 7.25. The lowest BCUT2D eigenvalue weighted by atomic mass is 10.0. The van der Waals surface area contributed by atoms with Crippen molar-refractivity contribution in [1.82, 2.24) is 15.1 Å². The van der Waals surface area contributed by atoms with Crippen molar-refractivity contribution in [2.24, 2.45) is 0 Å². The Bertz CT molecular complexity index is 278. The molecule has 1 saturated heterocycles. The van der Waals surface area contributed by atoms with Gasteiger partial charge in [-0.2, -0.15) is 0 Å². The van der Waals surface area contributed by atoms with Gasteiger partial charge in [0.2, 0.25) is 5.13 Å². The average Bonchev–Trinajstić information content (AvgIpc) is 2.71. The van der Waals surface area contributed by atoms with Crippen molar-refractivity contribution < 1.29 is 0 Å². The molecule has 5 heteroatoms. The van der Waals surface area contributed by atoms with E-state index in [4.69, 9.17) is 0 Å². The molecule has 15 heavy (non-hydrogen) atoms. The van der Waals surface area contributed by atoms with Gasteiger partial charge >= 0.3 is 0 Å². The van der Waals surface area contributed by atoms with Crippen LogP contribution in [0.2, 0.25) is 0 Å². The molecule has 0 radical (unpaired) electrons. The van der Waals surface area contributed by atoms with Gasteiger partial charge < -0.3 is 10.2 Å². The van der Waals surface area contributed by atoms with Crippen LogP contribution in [0.15, 0.2) is 5.51 Å². The molecule has 0 unspecified atom stereocenters. The first-order valence-corrected chi connectivity index (χ1v) is 6.40. The number of nitrogens with one attached hydrogen (secondary N) is 1. The summed E-state index contributed by atoms with van der Waals surface area (Å²) >= 11 is 1.58. The van der Waals surface area contributed by atoms with Crippen LogP contribution in [0.3, 0.4) is 0 Å². The van der Waals surface area contributed by atoms with E-state index in [2.05, 4.69) is 34.3 Å². The van der Waals surface area contributed by atoms with Crippen LogP contribution < -0.4 is 5.32 Å². The van der Waals surface area contributed by atoms with Gasteiger partial charge in [0, 0.05) is 25.2 Å². The smallest absolute Gasteiger partial charge is 0.205 e. The van der Waals surface area contributed by atoms with Crippen molar-refractivity contribution in [3.05, 3.63) is 5.51 Å². The average molecular weight is 226 g/mol. The van der Waals surface area contributed by atoms with Crippen LogP contribution >= 0.6 is 11.3 Å². The van der Waals surface area contributed by atoms with Crippen LogP contribution in [0.1, 0.15) is 26.7 Å². The second-order valence-corrected chi connectivity index (χ2v) is 5.13. The van der Waals surface area contributed by atoms with Crippen LogP contribution in [-0.2, 0) is 0 Å². The second-order valence-electron chi connectivity index (χ2n) is 4.29. The van der Waals surface area contributed by atoms with Crippen molar-refractivity contribution in [3.63, 3.8) is 0 Å². The largest absolute Gasteiger partial charge is 0.357 e. The fourth-order valence-corrected chi connectivity index (χ4v) is 2.49. The highest BCUT2D eigenvalue weighted by atomic mass is 32.1. The van der Waals surface area contributed by atoms with E-state index >= 15 is 0 Å². The Morgan fingerprint density at radius 3 is 2.73 bits per heavy atom. The van der Waals surface area contributed by atoms with Crippen molar-refractivity contribution >= 4 is 16.5 Å². The molecule has 4 nitrogen and oxygen atoms in total. The standard InChI is InChI=1S/C10H18N4S/c1-8(2)14-5-3-9(4-6-14)12-10-13-11-7-15-10/h7-9H,3-6H2,1-2H3,(H,12,13). The lowest BCUT2D eigenvalue weighted by molar-refractivity contribution is 0.177. The lowest BCUT2D eigenvalue weighted by Crippen LogP contribution is -2.42. The van der Waals surface area contributed by atoms with E-state index in [0.29, 0.717) is 12.1 Å². The number of nitrogens with zero attached hydrogens (tertiary/aromatic N) is 3. The first kappa shape index (κ1) is 10.8. The topological polar surface area (TPSA) is 41.0 Å². The maximum Gasteiger partial charge on any atom is 0.205 e. The number of rotatable bonds is 3. The molecule has 0 amide bonds. The van der Waals surface area contributed by atoms with Crippen molar-refractivity contribution in [1.29, 1.82) is 0 Å². The zero-order chi connectivity index (χ0) is 10.7. The van der Waals surface area contributed by atoms with Gasteiger partial charge in [-0.3, -0.25) is 0 Å². The highest BCUT2D eigenvalue weighted by molar-refractivity contribution is 7.13. The summed E-state index contributed by atoms with van der Waals surface area (Å²) in [4.78, 5) is 2.53. The minimum Gasteiger partial charge on any atom is -0.357 e. The quantitative estimate of drug-likeness (QED) is 0.853. The van der Waals surface area contributed by atoms with Gasteiger partial charge in [0.1, 0.15) is 5.51 Å². The van der Waals surface area contributed by atoms with Crippen LogP contribution in [0.4, 0.5) is 5.13 Å². The number of anilines is 1. The summed E-state index contributed by atoms with van der Waals surface area (Å²) in [6.07, 6.45) is 2.41. The first-order valence-electron chi connectivity index (χ1n) is 5.52. The Labute approximate surface area is 94.7 Å². The van der Waals surface area contributed by atoms with Gasteiger partial charge in [-0.25, -0.2) is 0 Å². The monoisotopic (exact) mass is 226 g/mol. The van der Waals surface area contributed by atoms with E-state index in [1.165, 1.54) is 25.9 Å². The van der Waals surface area contributed by atoms with Gasteiger partial charge in [0.15, 0.2) is 0 Å². The predicted octanol–water partition coefficient (Wildman–Crippen LogP) is 1.82. The highest BCUT2D eigenvalue weighted by Crippen LogP contribution is 2.18. The molecule has 0 aliphatic carbocycles. The zero-order valence-electron chi connectivity index (χ0n) is 9.31. The summed E-state index contributed by atoms with van der Waals surface area (Å²) in [5.41, 5.74) is 1.77. The number of piperidine rings is 1. The molecule has 1 fully saturated rings. The zero-order valence-corrected chi connectivity index (χ0v) is 10.1. The molecule has 1 N–H and O–H groups in total. The number of likely N-dealkylation sites (tertiary alicyclic amines) is 1. The van der Waals surface area contributed by atoms with Gasteiger partial charge in [0.05, 0.1) is 0 Å². The molecule has 1 aliphatic rings. The maximum absolute atomic E-state index is 4.01. The summed E-state index contributed by atoms with van der Waals surface area (Å²) in [5, 5.41) is 12.2. The molecule has 0 aromatic carbocycles. The Balaban J connectivity index is 1.79. The van der Waals surface area contributed by atoms with Gasteiger partial charge in [-0.15, -0.1) is 10.2 Å². The van der Waals surface area contributed by atoms with Gasteiger partial charge in [0.25, 0.3) is 0 Å². The molecule has 0 bridgehead atoms. The molecule has 1 aliphatic heterocycles. The summed E-state index contributed by atoms with van der Waals surface area (Å²) < 4.78 is 0. The van der Waals surface area contributed by atoms with Crippen LogP contribution in [0.25, 0.3) is 0 Å². The van der Waals surface area contributed by atoms with E-state index in [0.717, 1.165) is 5.13 Å². The van der Waals surface area contributed by atoms with Crippen molar-refractivity contribution in [2.75, 3.05) is 18.4 Å². The van der Waals surface area contributed by atoms with Crippen LogP contribution in [0.5, 0.6) is 0 Å². The third kappa shape index (κ3) is 2.89. The molecule has 2 heterocycles. The SMILES string of the molecule is CC(C)N1CCC(Nc2nncs2)CC1. The molecular formula is C10H18N4S. The van der Waals surface area contributed by atoms with E-state index in [1.807, 2.05) is 0 Å². The van der Waals surface area contributed by atoms with Crippen LogP contribution in [0, 0.1) is 0 Å². The fourth-order valence-electron chi connectivity index (χ4n) is 1.97. The molecule has 2 rings (SSSR count). The minimum absolute atomic E-state index is 0.577. The van der Waals surface area contributed by atoms with Gasteiger partial charge in [-0.1, -0.05) is 11.3 Å². The Hall–Kier alpha value is -0.680.